The number of halogens is 1. The van der Waals surface area contributed by atoms with E-state index in [0.717, 1.165) is 37.8 Å². The van der Waals surface area contributed by atoms with Gasteiger partial charge in [-0.25, -0.2) is 4.99 Å². The van der Waals surface area contributed by atoms with Crippen LogP contribution in [0.5, 0.6) is 0 Å². The van der Waals surface area contributed by atoms with Gasteiger partial charge in [-0.15, -0.1) is 0 Å². The Kier molecular flexibility index (Phi) is 4.48. The molecule has 128 valence electrons. The molecule has 0 N–H and O–H groups in total. The van der Waals surface area contributed by atoms with Crippen LogP contribution in [-0.4, -0.2) is 0 Å². The van der Waals surface area contributed by atoms with Gasteiger partial charge < -0.3 is 4.42 Å². The van der Waals surface area contributed by atoms with Crippen molar-refractivity contribution >= 4 is 32.6 Å². The van der Waals surface area contributed by atoms with Crippen LogP contribution in [-0.2, 0) is 0 Å². The topological polar surface area (TPSA) is 25.5 Å². The second-order valence-corrected chi connectivity index (χ2v) is 7.30. The molecule has 0 amide bonds. The van der Waals surface area contributed by atoms with Crippen molar-refractivity contribution in [2.24, 2.45) is 4.99 Å². The van der Waals surface area contributed by atoms with Crippen molar-refractivity contribution < 1.29 is 4.42 Å². The Hall–Kier alpha value is -2.65. The predicted molar refractivity (Wildman–Crippen MR) is 110 cm³/mol. The van der Waals surface area contributed by atoms with Crippen molar-refractivity contribution in [2.45, 2.75) is 13.8 Å². The highest BCUT2D eigenvalue weighted by Gasteiger charge is 2.07. The summed E-state index contributed by atoms with van der Waals surface area (Å²) in [6.07, 6.45) is 0. The summed E-state index contributed by atoms with van der Waals surface area (Å²) in [5.41, 5.74) is 5.30. The van der Waals surface area contributed by atoms with Crippen molar-refractivity contribution in [3.05, 3.63) is 93.8 Å². The maximum Gasteiger partial charge on any atom is 0.136 e. The Balaban J connectivity index is 2.00. The van der Waals surface area contributed by atoms with Crippen LogP contribution in [0, 0.1) is 13.8 Å². The first-order chi connectivity index (χ1) is 12.6. The van der Waals surface area contributed by atoms with Crippen molar-refractivity contribution in [1.82, 2.24) is 0 Å². The summed E-state index contributed by atoms with van der Waals surface area (Å²) in [6.45, 7) is 4.22. The maximum absolute atomic E-state index is 6.14. The average Bonchev–Trinajstić information content (AvgIpc) is 2.65. The van der Waals surface area contributed by atoms with Gasteiger partial charge in [0.1, 0.15) is 11.3 Å². The van der Waals surface area contributed by atoms with Crippen LogP contribution in [0.1, 0.15) is 11.1 Å². The van der Waals surface area contributed by atoms with Gasteiger partial charge in [0, 0.05) is 21.5 Å². The number of aryl methyl sites for hydroxylation is 2. The number of hydrogen-bond acceptors (Lipinski definition) is 2. The van der Waals surface area contributed by atoms with E-state index >= 15 is 0 Å². The van der Waals surface area contributed by atoms with Crippen LogP contribution < -0.4 is 5.36 Å². The molecule has 0 aliphatic rings. The van der Waals surface area contributed by atoms with Gasteiger partial charge in [-0.3, -0.25) is 0 Å². The molecule has 0 unspecified atom stereocenters. The second kappa shape index (κ2) is 6.93. The first kappa shape index (κ1) is 16.8. The normalized spacial score (nSPS) is 11.9. The third-order valence-electron chi connectivity index (χ3n) is 4.50. The Labute approximate surface area is 161 Å². The molecule has 0 radical (unpaired) electrons. The molecule has 1 aromatic heterocycles. The SMILES string of the molecule is Cc1ccc(N=c2cc(-c3ccccc3)oc3ccc(Br)cc23)cc1C. The summed E-state index contributed by atoms with van der Waals surface area (Å²) >= 11 is 3.55. The highest BCUT2D eigenvalue weighted by atomic mass is 79.9. The number of nitrogens with zero attached hydrogens (tertiary/aromatic N) is 1. The predicted octanol–water partition coefficient (Wildman–Crippen LogP) is 6.71. The van der Waals surface area contributed by atoms with Gasteiger partial charge in [0.05, 0.1) is 11.0 Å². The smallest absolute Gasteiger partial charge is 0.136 e. The Morgan fingerprint density at radius 2 is 1.62 bits per heavy atom. The zero-order valence-corrected chi connectivity index (χ0v) is 16.2. The van der Waals surface area contributed by atoms with Gasteiger partial charge in [0.2, 0.25) is 0 Å². The number of benzene rings is 3. The van der Waals surface area contributed by atoms with Crippen molar-refractivity contribution in [1.29, 1.82) is 0 Å². The van der Waals surface area contributed by atoms with Crippen LogP contribution in [0.15, 0.2) is 86.7 Å². The van der Waals surface area contributed by atoms with Gasteiger partial charge >= 0.3 is 0 Å². The fourth-order valence-corrected chi connectivity index (χ4v) is 3.27. The van der Waals surface area contributed by atoms with E-state index < -0.39 is 0 Å². The van der Waals surface area contributed by atoms with E-state index in [-0.39, 0.29) is 0 Å². The van der Waals surface area contributed by atoms with Crippen molar-refractivity contribution in [3.63, 3.8) is 0 Å². The van der Waals surface area contributed by atoms with E-state index in [9.17, 15) is 0 Å². The molecule has 0 bridgehead atoms. The largest absolute Gasteiger partial charge is 0.456 e. The monoisotopic (exact) mass is 403 g/mol. The summed E-state index contributed by atoms with van der Waals surface area (Å²) in [5, 5.41) is 1.88. The molecular weight excluding hydrogens is 386 g/mol. The van der Waals surface area contributed by atoms with Gasteiger partial charge in [-0.1, -0.05) is 52.3 Å². The molecule has 0 fully saturated rings. The molecular formula is C23H18BrNO. The van der Waals surface area contributed by atoms with E-state index in [4.69, 9.17) is 9.41 Å². The molecule has 3 aromatic carbocycles. The first-order valence-corrected chi connectivity index (χ1v) is 9.30. The summed E-state index contributed by atoms with van der Waals surface area (Å²) in [6, 6.07) is 24.4. The van der Waals surface area contributed by atoms with Crippen molar-refractivity contribution in [3.8, 4) is 11.3 Å². The van der Waals surface area contributed by atoms with E-state index in [0.29, 0.717) is 0 Å². The molecule has 0 saturated heterocycles. The summed E-state index contributed by atoms with van der Waals surface area (Å²) in [5.74, 6) is 0.808. The lowest BCUT2D eigenvalue weighted by atomic mass is 10.1. The van der Waals surface area contributed by atoms with E-state index in [2.05, 4.69) is 48.0 Å². The first-order valence-electron chi connectivity index (χ1n) is 8.51. The van der Waals surface area contributed by atoms with Crippen LogP contribution in [0.3, 0.4) is 0 Å². The molecule has 0 aliphatic carbocycles. The molecule has 2 nitrogen and oxygen atoms in total. The molecule has 0 saturated carbocycles. The third kappa shape index (κ3) is 3.35. The molecule has 0 atom stereocenters. The van der Waals surface area contributed by atoms with Crippen LogP contribution in [0.4, 0.5) is 5.69 Å². The Bertz CT molecular complexity index is 1160. The van der Waals surface area contributed by atoms with Crippen LogP contribution >= 0.6 is 15.9 Å². The second-order valence-electron chi connectivity index (χ2n) is 6.38. The summed E-state index contributed by atoms with van der Waals surface area (Å²) < 4.78 is 7.15. The highest BCUT2D eigenvalue weighted by molar-refractivity contribution is 9.10. The zero-order valence-electron chi connectivity index (χ0n) is 14.7. The van der Waals surface area contributed by atoms with Crippen LogP contribution in [0.25, 0.3) is 22.3 Å². The maximum atomic E-state index is 6.14. The molecule has 26 heavy (non-hydrogen) atoms. The lowest BCUT2D eigenvalue weighted by molar-refractivity contribution is 0.618. The summed E-state index contributed by atoms with van der Waals surface area (Å²) in [4.78, 5) is 4.92. The minimum Gasteiger partial charge on any atom is -0.456 e. The zero-order chi connectivity index (χ0) is 18.1. The number of hydrogen-bond donors (Lipinski definition) is 0. The molecule has 3 heteroatoms. The average molecular weight is 404 g/mol. The van der Waals surface area contributed by atoms with Gasteiger partial charge in [-0.05, 0) is 55.3 Å². The summed E-state index contributed by atoms with van der Waals surface area (Å²) in [7, 11) is 0. The molecule has 0 spiro atoms. The minimum atomic E-state index is 0.808. The van der Waals surface area contributed by atoms with Gasteiger partial charge in [0.25, 0.3) is 0 Å². The lowest BCUT2D eigenvalue weighted by Crippen LogP contribution is -2.03. The van der Waals surface area contributed by atoms with E-state index in [1.54, 1.807) is 0 Å². The molecule has 4 rings (SSSR count). The fraction of sp³-hybridized carbons (Fsp3) is 0.0870. The molecule has 4 aromatic rings. The Morgan fingerprint density at radius 1 is 0.808 bits per heavy atom. The quantitative estimate of drug-likeness (QED) is 0.365. The van der Waals surface area contributed by atoms with Gasteiger partial charge in [0.15, 0.2) is 0 Å². The van der Waals surface area contributed by atoms with Crippen LogP contribution in [0.2, 0.25) is 0 Å². The van der Waals surface area contributed by atoms with Gasteiger partial charge in [-0.2, -0.15) is 0 Å². The fourth-order valence-electron chi connectivity index (χ4n) is 2.91. The third-order valence-corrected chi connectivity index (χ3v) is 5.00. The highest BCUT2D eigenvalue weighted by Crippen LogP contribution is 2.25. The lowest BCUT2D eigenvalue weighted by Gasteiger charge is -2.06. The minimum absolute atomic E-state index is 0.808. The van der Waals surface area contributed by atoms with E-state index in [1.165, 1.54) is 11.1 Å². The number of fused-ring (bicyclic) bond motifs is 1. The molecule has 1 heterocycles. The van der Waals surface area contributed by atoms with E-state index in [1.807, 2.05) is 54.6 Å². The molecule has 0 aliphatic heterocycles. The number of rotatable bonds is 2. The van der Waals surface area contributed by atoms with Crippen molar-refractivity contribution in [2.75, 3.05) is 0 Å². The Morgan fingerprint density at radius 3 is 2.38 bits per heavy atom. The standard InChI is InChI=1S/C23H18BrNO/c1-15-8-10-19(12-16(15)2)25-21-14-23(17-6-4-3-5-7-17)26-22-11-9-18(24)13-20(21)22/h3-14H,1-2H3.